The van der Waals surface area contributed by atoms with Crippen molar-refractivity contribution in [2.75, 3.05) is 0 Å². The van der Waals surface area contributed by atoms with Crippen LogP contribution in [0.25, 0.3) is 6.08 Å². The normalized spacial score (nSPS) is 15.8. The molecule has 1 aliphatic heterocycles. The average Bonchev–Trinajstić information content (AvgIpc) is 2.59. The zero-order chi connectivity index (χ0) is 19.6. The van der Waals surface area contributed by atoms with Gasteiger partial charge in [0.2, 0.25) is 0 Å². The van der Waals surface area contributed by atoms with Crippen LogP contribution in [0.3, 0.4) is 0 Å². The Hall–Kier alpha value is -2.86. The highest BCUT2D eigenvalue weighted by Gasteiger charge is 2.38. The Morgan fingerprint density at radius 2 is 1.70 bits per heavy atom. The van der Waals surface area contributed by atoms with Gasteiger partial charge in [0, 0.05) is 13.8 Å². The summed E-state index contributed by atoms with van der Waals surface area (Å²) in [5.74, 6) is -2.70. The largest absolute Gasteiger partial charge is 0.489 e. The summed E-state index contributed by atoms with van der Waals surface area (Å²) in [6, 6.07) is 11.1. The molecule has 0 aromatic heterocycles. The molecule has 0 radical (unpaired) electrons. The molecule has 0 unspecified atom stereocenters. The molecule has 2 aromatic rings. The fourth-order valence-corrected chi connectivity index (χ4v) is 2.52. The second-order valence-electron chi connectivity index (χ2n) is 6.34. The summed E-state index contributed by atoms with van der Waals surface area (Å²) >= 11 is 5.64. The van der Waals surface area contributed by atoms with Gasteiger partial charge in [0.05, 0.1) is 5.02 Å². The molecule has 3 rings (SSSR count). The third-order valence-corrected chi connectivity index (χ3v) is 4.00. The number of carbonyl (C=O) groups is 2. The molecule has 0 aliphatic carbocycles. The lowest BCUT2D eigenvalue weighted by molar-refractivity contribution is -0.222. The molecule has 0 atom stereocenters. The lowest BCUT2D eigenvalue weighted by Crippen LogP contribution is -2.41. The van der Waals surface area contributed by atoms with Gasteiger partial charge in [-0.25, -0.2) is 14.0 Å². The van der Waals surface area contributed by atoms with E-state index in [1.807, 2.05) is 0 Å². The highest BCUT2D eigenvalue weighted by Crippen LogP contribution is 2.25. The van der Waals surface area contributed by atoms with Crippen LogP contribution >= 0.6 is 11.6 Å². The first-order chi connectivity index (χ1) is 12.7. The van der Waals surface area contributed by atoms with Gasteiger partial charge in [-0.1, -0.05) is 29.8 Å². The molecular formula is C20H16ClFO5. The van der Waals surface area contributed by atoms with Gasteiger partial charge in [-0.2, -0.15) is 0 Å². The van der Waals surface area contributed by atoms with E-state index in [-0.39, 0.29) is 17.2 Å². The molecule has 140 valence electrons. The first-order valence-electron chi connectivity index (χ1n) is 8.09. The van der Waals surface area contributed by atoms with Crippen molar-refractivity contribution in [3.05, 3.63) is 70.0 Å². The Labute approximate surface area is 160 Å². The predicted molar refractivity (Wildman–Crippen MR) is 96.4 cm³/mol. The smallest absolute Gasteiger partial charge is 0.348 e. The molecule has 1 fully saturated rings. The number of benzene rings is 2. The van der Waals surface area contributed by atoms with Crippen LogP contribution in [-0.2, 0) is 25.7 Å². The lowest BCUT2D eigenvalue weighted by Gasteiger charge is -2.29. The SMILES string of the molecule is CC1(C)OC(=O)C(=Cc2ccc(OCc3ccc(Cl)c(F)c3)cc2)C(=O)O1. The molecule has 1 aliphatic rings. The van der Waals surface area contributed by atoms with Crippen LogP contribution in [0.15, 0.2) is 48.0 Å². The molecule has 1 heterocycles. The van der Waals surface area contributed by atoms with Gasteiger partial charge in [-0.05, 0) is 41.5 Å². The van der Waals surface area contributed by atoms with Gasteiger partial charge in [-0.3, -0.25) is 0 Å². The number of ether oxygens (including phenoxy) is 3. The van der Waals surface area contributed by atoms with Crippen molar-refractivity contribution in [2.45, 2.75) is 26.2 Å². The van der Waals surface area contributed by atoms with Crippen LogP contribution in [0.5, 0.6) is 5.75 Å². The number of hydrogen-bond acceptors (Lipinski definition) is 5. The van der Waals surface area contributed by atoms with Gasteiger partial charge in [0.1, 0.15) is 23.7 Å². The highest BCUT2D eigenvalue weighted by molar-refractivity contribution is 6.30. The topological polar surface area (TPSA) is 61.8 Å². The van der Waals surface area contributed by atoms with Crippen molar-refractivity contribution in [1.82, 2.24) is 0 Å². The molecule has 27 heavy (non-hydrogen) atoms. The van der Waals surface area contributed by atoms with E-state index in [9.17, 15) is 14.0 Å². The Bertz CT molecular complexity index is 896. The molecule has 0 spiro atoms. The first kappa shape index (κ1) is 18.9. The predicted octanol–water partition coefficient (Wildman–Crippen LogP) is 4.28. The van der Waals surface area contributed by atoms with E-state index in [2.05, 4.69) is 0 Å². The average molecular weight is 391 g/mol. The van der Waals surface area contributed by atoms with Crippen molar-refractivity contribution in [3.8, 4) is 5.75 Å². The number of carbonyl (C=O) groups excluding carboxylic acids is 2. The van der Waals surface area contributed by atoms with Crippen LogP contribution in [0.1, 0.15) is 25.0 Å². The Morgan fingerprint density at radius 1 is 1.07 bits per heavy atom. The quantitative estimate of drug-likeness (QED) is 0.443. The Morgan fingerprint density at radius 3 is 2.30 bits per heavy atom. The van der Waals surface area contributed by atoms with Crippen LogP contribution in [0.4, 0.5) is 4.39 Å². The fourth-order valence-electron chi connectivity index (χ4n) is 2.40. The molecule has 1 saturated heterocycles. The third-order valence-electron chi connectivity index (χ3n) is 3.70. The van der Waals surface area contributed by atoms with Gasteiger partial charge in [0.15, 0.2) is 0 Å². The highest BCUT2D eigenvalue weighted by atomic mass is 35.5. The minimum absolute atomic E-state index is 0.0549. The van der Waals surface area contributed by atoms with Crippen LogP contribution < -0.4 is 4.74 Å². The van der Waals surface area contributed by atoms with Gasteiger partial charge in [-0.15, -0.1) is 0 Å². The standard InChI is InChI=1S/C20H16ClFO5/c1-20(2)26-18(23)15(19(24)27-20)9-12-3-6-14(7-4-12)25-11-13-5-8-16(21)17(22)10-13/h3-10H,11H2,1-2H3. The zero-order valence-corrected chi connectivity index (χ0v) is 15.4. The minimum atomic E-state index is -1.27. The van der Waals surface area contributed by atoms with Gasteiger partial charge < -0.3 is 14.2 Å². The van der Waals surface area contributed by atoms with Crippen LogP contribution in [0, 0.1) is 5.82 Å². The van der Waals surface area contributed by atoms with Crippen molar-refractivity contribution in [1.29, 1.82) is 0 Å². The zero-order valence-electron chi connectivity index (χ0n) is 14.6. The van der Waals surface area contributed by atoms with Crippen LogP contribution in [0.2, 0.25) is 5.02 Å². The molecule has 2 aromatic carbocycles. The molecule has 0 bridgehead atoms. The summed E-state index contributed by atoms with van der Waals surface area (Å²) in [4.78, 5) is 23.9. The van der Waals surface area contributed by atoms with E-state index in [0.29, 0.717) is 16.9 Å². The number of hydrogen-bond donors (Lipinski definition) is 0. The second kappa shape index (κ2) is 7.40. The number of cyclic esters (lactones) is 2. The number of esters is 2. The maximum atomic E-state index is 13.4. The number of halogens is 2. The molecule has 0 saturated carbocycles. The van der Waals surface area contributed by atoms with E-state index in [4.69, 9.17) is 25.8 Å². The third kappa shape index (κ3) is 4.65. The molecule has 0 N–H and O–H groups in total. The van der Waals surface area contributed by atoms with E-state index in [1.165, 1.54) is 32.1 Å². The summed E-state index contributed by atoms with van der Waals surface area (Å²) in [5, 5.41) is 0.0549. The van der Waals surface area contributed by atoms with E-state index >= 15 is 0 Å². The van der Waals surface area contributed by atoms with E-state index < -0.39 is 23.5 Å². The maximum Gasteiger partial charge on any atom is 0.348 e. The fraction of sp³-hybridized carbons (Fsp3) is 0.200. The monoisotopic (exact) mass is 390 g/mol. The maximum absolute atomic E-state index is 13.4. The summed E-state index contributed by atoms with van der Waals surface area (Å²) in [6.07, 6.45) is 1.39. The van der Waals surface area contributed by atoms with Crippen molar-refractivity contribution < 1.29 is 28.2 Å². The molecular weight excluding hydrogens is 375 g/mol. The van der Waals surface area contributed by atoms with E-state index in [1.54, 1.807) is 30.3 Å². The summed E-state index contributed by atoms with van der Waals surface area (Å²) in [5.41, 5.74) is 1.06. The number of rotatable bonds is 4. The second-order valence-corrected chi connectivity index (χ2v) is 6.75. The first-order valence-corrected chi connectivity index (χ1v) is 8.46. The summed E-state index contributed by atoms with van der Waals surface area (Å²) in [6.45, 7) is 3.14. The minimum Gasteiger partial charge on any atom is -0.489 e. The Balaban J connectivity index is 1.67. The van der Waals surface area contributed by atoms with Gasteiger partial charge in [0.25, 0.3) is 5.79 Å². The summed E-state index contributed by atoms with van der Waals surface area (Å²) < 4.78 is 29.1. The van der Waals surface area contributed by atoms with Crippen molar-refractivity contribution in [2.24, 2.45) is 0 Å². The molecule has 0 amide bonds. The van der Waals surface area contributed by atoms with Crippen molar-refractivity contribution in [3.63, 3.8) is 0 Å². The molecule has 5 nitrogen and oxygen atoms in total. The van der Waals surface area contributed by atoms with Gasteiger partial charge >= 0.3 is 11.9 Å². The molecule has 7 heteroatoms. The lowest BCUT2D eigenvalue weighted by atomic mass is 10.1. The van der Waals surface area contributed by atoms with E-state index in [0.717, 1.165) is 0 Å². The van der Waals surface area contributed by atoms with Crippen LogP contribution in [-0.4, -0.2) is 17.7 Å². The van der Waals surface area contributed by atoms with Crippen molar-refractivity contribution >= 4 is 29.6 Å². The Kier molecular flexibility index (Phi) is 5.19. The summed E-state index contributed by atoms with van der Waals surface area (Å²) in [7, 11) is 0.